The van der Waals surface area contributed by atoms with E-state index in [0.29, 0.717) is 6.42 Å². The molecule has 8 heteroatoms. The van der Waals surface area contributed by atoms with E-state index in [1.54, 1.807) is 11.3 Å². The molecular formula is C22H15N3O3SSe. The van der Waals surface area contributed by atoms with Crippen LogP contribution in [0.15, 0.2) is 60.7 Å². The predicted octanol–water partition coefficient (Wildman–Crippen LogP) is 2.79. The monoisotopic (exact) mass is 481 g/mol. The molecule has 0 bridgehead atoms. The zero-order valence-electron chi connectivity index (χ0n) is 15.6. The number of benzene rings is 2. The van der Waals surface area contributed by atoms with Gasteiger partial charge in [0.1, 0.15) is 0 Å². The molecule has 4 aromatic rings. The van der Waals surface area contributed by atoms with Crippen LogP contribution in [0.1, 0.15) is 33.4 Å². The molecule has 6 rings (SSSR count). The molecule has 1 fully saturated rings. The summed E-state index contributed by atoms with van der Waals surface area (Å²) in [6.07, 6.45) is 0.592. The van der Waals surface area contributed by atoms with Crippen LogP contribution in [0.2, 0.25) is 0 Å². The summed E-state index contributed by atoms with van der Waals surface area (Å²) in [4.78, 5) is 33.2. The number of thiophene rings is 1. The molecule has 148 valence electrons. The van der Waals surface area contributed by atoms with Gasteiger partial charge in [-0.05, 0) is 0 Å². The van der Waals surface area contributed by atoms with Gasteiger partial charge in [0.15, 0.2) is 0 Å². The molecule has 1 aliphatic heterocycles. The predicted molar refractivity (Wildman–Crippen MR) is 112 cm³/mol. The minimum atomic E-state index is -1.39. The first-order valence-electron chi connectivity index (χ1n) is 9.56. The van der Waals surface area contributed by atoms with Crippen molar-refractivity contribution in [3.8, 4) is 0 Å². The number of amides is 1. The van der Waals surface area contributed by atoms with Gasteiger partial charge < -0.3 is 0 Å². The van der Waals surface area contributed by atoms with Gasteiger partial charge in [-0.3, -0.25) is 0 Å². The summed E-state index contributed by atoms with van der Waals surface area (Å²) in [5.41, 5.74) is 4.67. The zero-order valence-corrected chi connectivity index (χ0v) is 18.1. The summed E-state index contributed by atoms with van der Waals surface area (Å²) < 4.78 is 5.42. The fourth-order valence-electron chi connectivity index (χ4n) is 4.98. The van der Waals surface area contributed by atoms with Crippen molar-refractivity contribution in [2.24, 2.45) is 5.41 Å². The number of fused-ring (bicyclic) bond motifs is 3. The van der Waals surface area contributed by atoms with Crippen molar-refractivity contribution in [2.45, 2.75) is 18.3 Å². The number of carbonyl (C=O) groups is 2. The molecule has 0 radical (unpaired) electrons. The zero-order chi connectivity index (χ0) is 20.3. The van der Waals surface area contributed by atoms with E-state index in [9.17, 15) is 9.59 Å². The molecule has 6 nitrogen and oxygen atoms in total. The van der Waals surface area contributed by atoms with Crippen molar-refractivity contribution >= 4 is 47.0 Å². The molecule has 3 heterocycles. The topological polar surface area (TPSA) is 81.2 Å². The number of nitrogens with zero attached hydrogens (tertiary/aromatic N) is 2. The minimum absolute atomic E-state index is 0.0492. The third-order valence-corrected chi connectivity index (χ3v) is 9.22. The summed E-state index contributed by atoms with van der Waals surface area (Å²) in [7, 11) is 0. The molecule has 3 atom stereocenters. The van der Waals surface area contributed by atoms with Crippen molar-refractivity contribution < 1.29 is 14.4 Å². The summed E-state index contributed by atoms with van der Waals surface area (Å²) in [6, 6.07) is 19.6. The average molecular weight is 480 g/mol. The van der Waals surface area contributed by atoms with E-state index in [4.69, 9.17) is 4.84 Å². The van der Waals surface area contributed by atoms with Crippen molar-refractivity contribution in [1.29, 1.82) is 0 Å². The summed E-state index contributed by atoms with van der Waals surface area (Å²) in [5, 5.41) is 4.43. The van der Waals surface area contributed by atoms with Gasteiger partial charge in [-0.15, -0.1) is 0 Å². The van der Waals surface area contributed by atoms with Gasteiger partial charge in [-0.25, -0.2) is 0 Å². The number of rotatable bonds is 2. The summed E-state index contributed by atoms with van der Waals surface area (Å²) >= 11 is 1.67. The molecule has 1 N–H and O–H groups in total. The van der Waals surface area contributed by atoms with Crippen LogP contribution >= 0.6 is 11.3 Å². The van der Waals surface area contributed by atoms with Gasteiger partial charge in [0, 0.05) is 0 Å². The Kier molecular flexibility index (Phi) is 3.96. The number of aromatic nitrogens is 2. The van der Waals surface area contributed by atoms with Crippen molar-refractivity contribution in [3.63, 3.8) is 0 Å². The van der Waals surface area contributed by atoms with Gasteiger partial charge in [-0.2, -0.15) is 0 Å². The number of hydrogen-bond acceptors (Lipinski definition) is 6. The third kappa shape index (κ3) is 2.29. The fourth-order valence-corrected chi connectivity index (χ4v) is 8.02. The van der Waals surface area contributed by atoms with E-state index in [1.165, 1.54) is 4.88 Å². The van der Waals surface area contributed by atoms with Crippen LogP contribution in [0.5, 0.6) is 0 Å². The Labute approximate surface area is 181 Å². The van der Waals surface area contributed by atoms with Crippen LogP contribution in [0.25, 0.3) is 9.09 Å². The maximum absolute atomic E-state index is 13.5. The summed E-state index contributed by atoms with van der Waals surface area (Å²) in [6.45, 7) is 0. The first-order valence-corrected chi connectivity index (χ1v) is 12.0. The Bertz CT molecular complexity index is 1270. The van der Waals surface area contributed by atoms with Crippen molar-refractivity contribution in [2.75, 3.05) is 0 Å². The molecule has 2 aliphatic rings. The number of nitrogens with one attached hydrogen (secondary N) is 1. The van der Waals surface area contributed by atoms with E-state index in [-0.39, 0.29) is 26.6 Å². The van der Waals surface area contributed by atoms with Crippen molar-refractivity contribution in [3.05, 3.63) is 82.2 Å². The molecule has 2 aromatic heterocycles. The summed E-state index contributed by atoms with van der Waals surface area (Å²) in [5.74, 6) is -1.74. The van der Waals surface area contributed by atoms with E-state index in [2.05, 4.69) is 14.7 Å². The van der Waals surface area contributed by atoms with Crippen LogP contribution in [0, 0.1) is 5.41 Å². The Morgan fingerprint density at radius 2 is 1.73 bits per heavy atom. The second-order valence-corrected chi connectivity index (χ2v) is 10.8. The van der Waals surface area contributed by atoms with Crippen LogP contribution in [0.4, 0.5) is 0 Å². The average Bonchev–Trinajstić information content (AvgIpc) is 3.45. The van der Waals surface area contributed by atoms with Crippen LogP contribution in [-0.4, -0.2) is 35.8 Å². The second-order valence-electron chi connectivity index (χ2n) is 7.55. The number of hydroxylamine groups is 1. The molecule has 30 heavy (non-hydrogen) atoms. The molecular weight excluding hydrogens is 465 g/mol. The molecule has 1 aliphatic carbocycles. The quantitative estimate of drug-likeness (QED) is 0.353. The Hall–Kier alpha value is -2.80. The standard InChI is InChI=1S/C22H15N3O3SSe/c26-20-22(21(27)28-24-20)14(12-7-3-1-4-8-12)11-15-16(18-19(29-15)30-25-23-18)17(22)13-9-5-2-6-10-13/h1-10,14,17H,11H2,(H,24,26). The van der Waals surface area contributed by atoms with E-state index in [0.717, 1.165) is 25.8 Å². The SMILES string of the molecule is O=C1NOC(=O)C12C(c1ccccc1)Cc1sc3[se]nnc3c1C2c1ccccc1. The Balaban J connectivity index is 1.72. The molecule has 2 aromatic carbocycles. The van der Waals surface area contributed by atoms with E-state index >= 15 is 0 Å². The molecule has 1 amide bonds. The van der Waals surface area contributed by atoms with Gasteiger partial charge >= 0.3 is 182 Å². The third-order valence-electron chi connectivity index (χ3n) is 6.20. The van der Waals surface area contributed by atoms with Gasteiger partial charge in [0.25, 0.3) is 0 Å². The maximum atomic E-state index is 13.5. The normalized spacial score (nSPS) is 25.3. The molecule has 3 unspecified atom stereocenters. The van der Waals surface area contributed by atoms with Crippen molar-refractivity contribution in [1.82, 2.24) is 14.7 Å². The Morgan fingerprint density at radius 3 is 2.40 bits per heavy atom. The molecule has 1 spiro atoms. The van der Waals surface area contributed by atoms with Crippen LogP contribution in [0.3, 0.4) is 0 Å². The van der Waals surface area contributed by atoms with Gasteiger partial charge in [0.05, 0.1) is 0 Å². The first kappa shape index (κ1) is 18.0. The van der Waals surface area contributed by atoms with E-state index in [1.807, 2.05) is 60.7 Å². The van der Waals surface area contributed by atoms with Gasteiger partial charge in [0.2, 0.25) is 0 Å². The van der Waals surface area contributed by atoms with E-state index < -0.39 is 17.3 Å². The van der Waals surface area contributed by atoms with Crippen LogP contribution in [-0.2, 0) is 20.8 Å². The first-order chi connectivity index (χ1) is 14.7. The number of hydrogen-bond donors (Lipinski definition) is 1. The molecule has 1 saturated heterocycles. The second kappa shape index (κ2) is 6.60. The Morgan fingerprint density at radius 1 is 1.03 bits per heavy atom. The molecule has 0 saturated carbocycles. The number of carbonyl (C=O) groups excluding carboxylic acids is 2. The van der Waals surface area contributed by atoms with Crippen LogP contribution < -0.4 is 5.48 Å². The fraction of sp³-hybridized carbons (Fsp3) is 0.182. The van der Waals surface area contributed by atoms with Gasteiger partial charge in [-0.1, -0.05) is 0 Å².